The molecule has 88 valence electrons. The topological polar surface area (TPSA) is 32.7 Å². The lowest BCUT2D eigenvalue weighted by Crippen LogP contribution is -2.45. The van der Waals surface area contributed by atoms with Crippen LogP contribution in [0.15, 0.2) is 24.3 Å². The largest absolute Gasteiger partial charge is 0.392 e. The zero-order chi connectivity index (χ0) is 11.5. The van der Waals surface area contributed by atoms with Gasteiger partial charge in [0.25, 0.3) is 0 Å². The van der Waals surface area contributed by atoms with Gasteiger partial charge < -0.3 is 14.7 Å². The Balaban J connectivity index is 2.22. The second kappa shape index (κ2) is 4.85. The van der Waals surface area contributed by atoms with Crippen molar-refractivity contribution in [2.24, 2.45) is 0 Å². The van der Waals surface area contributed by atoms with Gasteiger partial charge >= 0.3 is 0 Å². The standard InChI is InChI=1S/C13H19NO2/c1-10-7-14(8-11(2)16-10)13-6-4-3-5-12(13)9-15/h3-6,10-11,15H,7-9H2,1-2H3/t10-,11+. The van der Waals surface area contributed by atoms with E-state index in [1.807, 2.05) is 18.2 Å². The van der Waals surface area contributed by atoms with Crippen LogP contribution < -0.4 is 4.90 Å². The Morgan fingerprint density at radius 2 is 1.88 bits per heavy atom. The third-order valence-corrected chi connectivity index (χ3v) is 2.92. The number of hydrogen-bond acceptors (Lipinski definition) is 3. The fraction of sp³-hybridized carbons (Fsp3) is 0.538. The van der Waals surface area contributed by atoms with Crippen molar-refractivity contribution >= 4 is 5.69 Å². The van der Waals surface area contributed by atoms with Gasteiger partial charge in [-0.15, -0.1) is 0 Å². The Hall–Kier alpha value is -1.06. The van der Waals surface area contributed by atoms with Crippen LogP contribution in [-0.4, -0.2) is 30.4 Å². The van der Waals surface area contributed by atoms with Gasteiger partial charge in [0, 0.05) is 24.3 Å². The molecule has 0 radical (unpaired) electrons. The Bertz CT molecular complexity index is 344. The molecule has 16 heavy (non-hydrogen) atoms. The maximum Gasteiger partial charge on any atom is 0.0726 e. The van der Waals surface area contributed by atoms with Crippen LogP contribution in [0.3, 0.4) is 0 Å². The van der Waals surface area contributed by atoms with Crippen LogP contribution in [0.5, 0.6) is 0 Å². The summed E-state index contributed by atoms with van der Waals surface area (Å²) in [6.07, 6.45) is 0.492. The lowest BCUT2D eigenvalue weighted by Gasteiger charge is -2.37. The highest BCUT2D eigenvalue weighted by Crippen LogP contribution is 2.24. The molecule has 1 aromatic carbocycles. The number of anilines is 1. The Labute approximate surface area is 96.6 Å². The molecule has 1 aliphatic heterocycles. The molecule has 0 aliphatic carbocycles. The fourth-order valence-corrected chi connectivity index (χ4v) is 2.33. The van der Waals surface area contributed by atoms with E-state index in [0.29, 0.717) is 0 Å². The van der Waals surface area contributed by atoms with Crippen molar-refractivity contribution in [2.75, 3.05) is 18.0 Å². The van der Waals surface area contributed by atoms with E-state index in [0.717, 1.165) is 24.3 Å². The molecule has 1 aliphatic rings. The zero-order valence-corrected chi connectivity index (χ0v) is 9.89. The summed E-state index contributed by atoms with van der Waals surface area (Å²) in [4.78, 5) is 2.30. The van der Waals surface area contributed by atoms with Crippen LogP contribution in [0.4, 0.5) is 5.69 Å². The van der Waals surface area contributed by atoms with Crippen molar-refractivity contribution in [3.63, 3.8) is 0 Å². The predicted molar refractivity (Wildman–Crippen MR) is 64.6 cm³/mol. The highest BCUT2D eigenvalue weighted by molar-refractivity contribution is 5.53. The van der Waals surface area contributed by atoms with Crippen molar-refractivity contribution in [3.05, 3.63) is 29.8 Å². The average Bonchev–Trinajstić information content (AvgIpc) is 2.27. The van der Waals surface area contributed by atoms with Crippen LogP contribution in [0, 0.1) is 0 Å². The minimum absolute atomic E-state index is 0.0935. The molecule has 1 heterocycles. The highest BCUT2D eigenvalue weighted by Gasteiger charge is 2.23. The molecule has 0 amide bonds. The molecule has 1 saturated heterocycles. The van der Waals surface area contributed by atoms with E-state index in [-0.39, 0.29) is 18.8 Å². The molecular weight excluding hydrogens is 202 g/mol. The Morgan fingerprint density at radius 1 is 1.25 bits per heavy atom. The van der Waals surface area contributed by atoms with Gasteiger partial charge in [-0.25, -0.2) is 0 Å². The van der Waals surface area contributed by atoms with Gasteiger partial charge in [0.1, 0.15) is 0 Å². The van der Waals surface area contributed by atoms with Crippen LogP contribution in [0.1, 0.15) is 19.4 Å². The minimum Gasteiger partial charge on any atom is -0.392 e. The summed E-state index contributed by atoms with van der Waals surface area (Å²) in [7, 11) is 0. The summed E-state index contributed by atoms with van der Waals surface area (Å²) in [5, 5.41) is 9.32. The van der Waals surface area contributed by atoms with Gasteiger partial charge in [-0.3, -0.25) is 0 Å². The van der Waals surface area contributed by atoms with Gasteiger partial charge in [0.2, 0.25) is 0 Å². The van der Waals surface area contributed by atoms with E-state index < -0.39 is 0 Å². The molecule has 3 heteroatoms. The number of rotatable bonds is 2. The van der Waals surface area contributed by atoms with Gasteiger partial charge in [-0.2, -0.15) is 0 Å². The normalized spacial score (nSPS) is 25.8. The van der Waals surface area contributed by atoms with E-state index in [4.69, 9.17) is 4.74 Å². The van der Waals surface area contributed by atoms with Crippen molar-refractivity contribution in [1.29, 1.82) is 0 Å². The monoisotopic (exact) mass is 221 g/mol. The summed E-state index contributed by atoms with van der Waals surface area (Å²) >= 11 is 0. The third-order valence-electron chi connectivity index (χ3n) is 2.92. The van der Waals surface area contributed by atoms with Crippen LogP contribution in [0.25, 0.3) is 0 Å². The van der Waals surface area contributed by atoms with E-state index >= 15 is 0 Å². The SMILES string of the molecule is C[C@@H]1CN(c2ccccc2CO)C[C@H](C)O1. The number of aliphatic hydroxyl groups is 1. The number of hydrogen-bond donors (Lipinski definition) is 1. The third kappa shape index (κ3) is 2.36. The number of ether oxygens (including phenoxy) is 1. The van der Waals surface area contributed by atoms with Gasteiger partial charge in [-0.1, -0.05) is 18.2 Å². The minimum atomic E-state index is 0.0935. The van der Waals surface area contributed by atoms with Gasteiger partial charge in [0.05, 0.1) is 18.8 Å². The van der Waals surface area contributed by atoms with Crippen molar-refractivity contribution in [2.45, 2.75) is 32.7 Å². The lowest BCUT2D eigenvalue weighted by atomic mass is 10.1. The van der Waals surface area contributed by atoms with E-state index in [9.17, 15) is 5.11 Å². The Morgan fingerprint density at radius 3 is 2.50 bits per heavy atom. The van der Waals surface area contributed by atoms with E-state index in [1.54, 1.807) is 0 Å². The molecule has 2 rings (SSSR count). The first-order valence-electron chi connectivity index (χ1n) is 5.80. The molecule has 0 aromatic heterocycles. The number of para-hydroxylation sites is 1. The van der Waals surface area contributed by atoms with Crippen LogP contribution in [-0.2, 0) is 11.3 Å². The second-order valence-corrected chi connectivity index (χ2v) is 4.45. The molecule has 2 atom stereocenters. The maximum absolute atomic E-state index is 9.32. The first-order chi connectivity index (χ1) is 7.70. The quantitative estimate of drug-likeness (QED) is 0.826. The maximum atomic E-state index is 9.32. The molecule has 0 bridgehead atoms. The Kier molecular flexibility index (Phi) is 3.46. The molecule has 0 spiro atoms. The molecule has 0 unspecified atom stereocenters. The number of nitrogens with zero attached hydrogens (tertiary/aromatic N) is 1. The molecule has 1 N–H and O–H groups in total. The van der Waals surface area contributed by atoms with Crippen molar-refractivity contribution in [1.82, 2.24) is 0 Å². The fourth-order valence-electron chi connectivity index (χ4n) is 2.33. The average molecular weight is 221 g/mol. The molecule has 0 saturated carbocycles. The first-order valence-corrected chi connectivity index (χ1v) is 5.80. The van der Waals surface area contributed by atoms with Crippen molar-refractivity contribution in [3.8, 4) is 0 Å². The van der Waals surface area contributed by atoms with Gasteiger partial charge in [0.15, 0.2) is 0 Å². The van der Waals surface area contributed by atoms with Crippen LogP contribution in [0.2, 0.25) is 0 Å². The highest BCUT2D eigenvalue weighted by atomic mass is 16.5. The van der Waals surface area contributed by atoms with E-state index in [1.165, 1.54) is 0 Å². The summed E-state index contributed by atoms with van der Waals surface area (Å²) in [6.45, 7) is 6.05. The molecular formula is C13H19NO2. The summed E-state index contributed by atoms with van der Waals surface area (Å²) in [5.41, 5.74) is 2.12. The summed E-state index contributed by atoms with van der Waals surface area (Å²) in [5.74, 6) is 0. The van der Waals surface area contributed by atoms with E-state index in [2.05, 4.69) is 24.8 Å². The second-order valence-electron chi connectivity index (χ2n) is 4.45. The predicted octanol–water partition coefficient (Wildman–Crippen LogP) is 1.79. The number of aliphatic hydroxyl groups excluding tert-OH is 1. The molecule has 1 aromatic rings. The summed E-state index contributed by atoms with van der Waals surface area (Å²) in [6, 6.07) is 8.01. The smallest absolute Gasteiger partial charge is 0.0726 e. The van der Waals surface area contributed by atoms with Crippen LogP contribution >= 0.6 is 0 Å². The van der Waals surface area contributed by atoms with Gasteiger partial charge in [-0.05, 0) is 19.9 Å². The first kappa shape index (κ1) is 11.4. The summed E-state index contributed by atoms with van der Waals surface area (Å²) < 4.78 is 5.71. The lowest BCUT2D eigenvalue weighted by molar-refractivity contribution is -0.00531. The van der Waals surface area contributed by atoms with Crippen molar-refractivity contribution < 1.29 is 9.84 Å². The molecule has 1 fully saturated rings. The number of morpholine rings is 1. The number of benzene rings is 1. The molecule has 3 nitrogen and oxygen atoms in total. The zero-order valence-electron chi connectivity index (χ0n) is 9.89.